The van der Waals surface area contributed by atoms with E-state index in [9.17, 15) is 10.2 Å². The van der Waals surface area contributed by atoms with Gasteiger partial charge in [-0.3, -0.25) is 0 Å². The van der Waals surface area contributed by atoms with Gasteiger partial charge in [0.05, 0.1) is 0 Å². The van der Waals surface area contributed by atoms with Gasteiger partial charge in [0.1, 0.15) is 11.5 Å². The number of aromatic hydroxyl groups is 2. The summed E-state index contributed by atoms with van der Waals surface area (Å²) in [4.78, 5) is 0. The number of hydrogen-bond acceptors (Lipinski definition) is 2. The van der Waals surface area contributed by atoms with E-state index in [1.807, 2.05) is 0 Å². The number of benzene rings is 1. The highest BCUT2D eigenvalue weighted by Crippen LogP contribution is 2.30. The van der Waals surface area contributed by atoms with Gasteiger partial charge >= 0.3 is 0 Å². The van der Waals surface area contributed by atoms with Crippen LogP contribution in [-0.4, -0.2) is 10.2 Å². The van der Waals surface area contributed by atoms with Gasteiger partial charge in [0.15, 0.2) is 0 Å². The number of phenols is 2. The molecule has 0 saturated carbocycles. The first-order valence-electron chi connectivity index (χ1n) is 4.10. The second kappa shape index (κ2) is 4.25. The Kier molecular flexibility index (Phi) is 3.05. The van der Waals surface area contributed by atoms with Crippen molar-refractivity contribution < 1.29 is 10.2 Å². The predicted molar refractivity (Wildman–Crippen MR) is 54.8 cm³/mol. The molecule has 0 amide bonds. The maximum Gasteiger partial charge on any atom is 0.127 e. The molecule has 2 heteroatoms. The standard InChI is InChI=1S/C12H10O2/c1-3-5-9-7-8-11(13)10(6-4-2)12(9)14/h1-2,7-8,13-14H,5-6H2. The molecule has 14 heavy (non-hydrogen) atoms. The Morgan fingerprint density at radius 1 is 1.07 bits per heavy atom. The molecule has 2 nitrogen and oxygen atoms in total. The van der Waals surface area contributed by atoms with E-state index in [1.54, 1.807) is 6.07 Å². The molecule has 1 rings (SSSR count). The molecule has 0 radical (unpaired) electrons. The number of phenolic OH excluding ortho intramolecular Hbond substituents is 2. The minimum absolute atomic E-state index is 0.000833. The van der Waals surface area contributed by atoms with E-state index in [-0.39, 0.29) is 17.9 Å². The van der Waals surface area contributed by atoms with Gasteiger partial charge in [-0.1, -0.05) is 6.07 Å². The topological polar surface area (TPSA) is 40.5 Å². The fourth-order valence-electron chi connectivity index (χ4n) is 1.20. The average Bonchev–Trinajstić information content (AvgIpc) is 2.17. The fraction of sp³-hybridized carbons (Fsp3) is 0.167. The Balaban J connectivity index is 3.21. The molecule has 0 unspecified atom stereocenters. The van der Waals surface area contributed by atoms with Crippen molar-refractivity contribution in [3.63, 3.8) is 0 Å². The van der Waals surface area contributed by atoms with Crippen LogP contribution in [0, 0.1) is 24.7 Å². The van der Waals surface area contributed by atoms with Crippen molar-refractivity contribution in [1.29, 1.82) is 0 Å². The first-order valence-corrected chi connectivity index (χ1v) is 4.10. The van der Waals surface area contributed by atoms with Gasteiger partial charge < -0.3 is 10.2 Å². The highest BCUT2D eigenvalue weighted by molar-refractivity contribution is 5.50. The van der Waals surface area contributed by atoms with Gasteiger partial charge in [0, 0.05) is 24.0 Å². The molecule has 0 saturated heterocycles. The highest BCUT2D eigenvalue weighted by Gasteiger charge is 2.10. The zero-order valence-electron chi connectivity index (χ0n) is 7.62. The van der Waals surface area contributed by atoms with Crippen molar-refractivity contribution in [3.8, 4) is 36.2 Å². The summed E-state index contributed by atoms with van der Waals surface area (Å²) < 4.78 is 0. The second-order valence-electron chi connectivity index (χ2n) is 2.83. The lowest BCUT2D eigenvalue weighted by atomic mass is 10.0. The van der Waals surface area contributed by atoms with E-state index in [1.165, 1.54) is 6.07 Å². The smallest absolute Gasteiger partial charge is 0.127 e. The molecule has 70 valence electrons. The highest BCUT2D eigenvalue weighted by atomic mass is 16.3. The normalized spacial score (nSPS) is 9.00. The molecule has 0 aromatic heterocycles. The van der Waals surface area contributed by atoms with Crippen molar-refractivity contribution in [1.82, 2.24) is 0 Å². The molecule has 0 aliphatic carbocycles. The summed E-state index contributed by atoms with van der Waals surface area (Å²) in [5.74, 6) is 4.79. The van der Waals surface area contributed by atoms with E-state index in [0.717, 1.165) is 0 Å². The van der Waals surface area contributed by atoms with Crippen LogP contribution in [0.3, 0.4) is 0 Å². The zero-order valence-corrected chi connectivity index (χ0v) is 7.62. The van der Waals surface area contributed by atoms with Crippen LogP contribution in [0.15, 0.2) is 12.1 Å². The lowest BCUT2D eigenvalue weighted by Crippen LogP contribution is -1.90. The van der Waals surface area contributed by atoms with Crippen LogP contribution >= 0.6 is 0 Å². The molecular weight excluding hydrogens is 176 g/mol. The van der Waals surface area contributed by atoms with Gasteiger partial charge in [-0.25, -0.2) is 0 Å². The maximum absolute atomic E-state index is 9.68. The van der Waals surface area contributed by atoms with Gasteiger partial charge in [-0.05, 0) is 6.07 Å². The first-order chi connectivity index (χ1) is 6.70. The minimum atomic E-state index is 0.000833. The predicted octanol–water partition coefficient (Wildman–Crippen LogP) is 1.45. The molecule has 0 bridgehead atoms. The van der Waals surface area contributed by atoms with Crippen LogP contribution in [0.25, 0.3) is 0 Å². The summed E-state index contributed by atoms with van der Waals surface area (Å²) >= 11 is 0. The molecule has 0 spiro atoms. The maximum atomic E-state index is 9.68. The molecule has 2 N–H and O–H groups in total. The quantitative estimate of drug-likeness (QED) is 0.686. The molecule has 0 aliphatic heterocycles. The van der Waals surface area contributed by atoms with E-state index in [4.69, 9.17) is 12.8 Å². The van der Waals surface area contributed by atoms with E-state index in [2.05, 4.69) is 11.8 Å². The van der Waals surface area contributed by atoms with Crippen LogP contribution < -0.4 is 0 Å². The van der Waals surface area contributed by atoms with Gasteiger partial charge in [-0.15, -0.1) is 24.7 Å². The Labute approximate surface area is 83.2 Å². The third-order valence-electron chi connectivity index (χ3n) is 1.91. The summed E-state index contributed by atoms with van der Waals surface area (Å²) in [7, 11) is 0. The van der Waals surface area contributed by atoms with Crippen LogP contribution in [0.5, 0.6) is 11.5 Å². The third-order valence-corrected chi connectivity index (χ3v) is 1.91. The second-order valence-corrected chi connectivity index (χ2v) is 2.83. The number of rotatable bonds is 2. The fourth-order valence-corrected chi connectivity index (χ4v) is 1.20. The molecule has 1 aromatic rings. The van der Waals surface area contributed by atoms with Gasteiger partial charge in [-0.2, -0.15) is 0 Å². The van der Waals surface area contributed by atoms with Crippen LogP contribution in [0.1, 0.15) is 11.1 Å². The molecule has 1 aromatic carbocycles. The van der Waals surface area contributed by atoms with Crippen molar-refractivity contribution in [2.24, 2.45) is 0 Å². The Morgan fingerprint density at radius 3 is 2.29 bits per heavy atom. The van der Waals surface area contributed by atoms with Gasteiger partial charge in [0.25, 0.3) is 0 Å². The van der Waals surface area contributed by atoms with Crippen LogP contribution in [0.2, 0.25) is 0 Å². The molecule has 0 atom stereocenters. The van der Waals surface area contributed by atoms with E-state index in [0.29, 0.717) is 17.5 Å². The lowest BCUT2D eigenvalue weighted by molar-refractivity contribution is 0.438. The number of terminal acetylenes is 2. The lowest BCUT2D eigenvalue weighted by Gasteiger charge is -2.07. The number of hydrogen-bond donors (Lipinski definition) is 2. The van der Waals surface area contributed by atoms with Crippen molar-refractivity contribution in [2.45, 2.75) is 12.8 Å². The average molecular weight is 186 g/mol. The summed E-state index contributed by atoms with van der Waals surface area (Å²) in [5.41, 5.74) is 0.968. The van der Waals surface area contributed by atoms with E-state index >= 15 is 0 Å². The minimum Gasteiger partial charge on any atom is -0.507 e. The van der Waals surface area contributed by atoms with Crippen LogP contribution in [0.4, 0.5) is 0 Å². The largest absolute Gasteiger partial charge is 0.507 e. The van der Waals surface area contributed by atoms with Crippen molar-refractivity contribution >= 4 is 0 Å². The summed E-state index contributed by atoms with van der Waals surface area (Å²) in [5, 5.41) is 19.1. The molecule has 0 aliphatic rings. The van der Waals surface area contributed by atoms with E-state index < -0.39 is 0 Å². The zero-order chi connectivity index (χ0) is 10.6. The monoisotopic (exact) mass is 186 g/mol. The SMILES string of the molecule is C#CCc1ccc(O)c(CC#C)c1O. The van der Waals surface area contributed by atoms with Gasteiger partial charge in [0.2, 0.25) is 0 Å². The Morgan fingerprint density at radius 2 is 1.71 bits per heavy atom. The summed E-state index contributed by atoms with van der Waals surface area (Å²) in [6.07, 6.45) is 10.8. The molecular formula is C12H10O2. The van der Waals surface area contributed by atoms with Crippen LogP contribution in [-0.2, 0) is 12.8 Å². The van der Waals surface area contributed by atoms with Crippen molar-refractivity contribution in [3.05, 3.63) is 23.3 Å². The third kappa shape index (κ3) is 1.81. The summed E-state index contributed by atoms with van der Waals surface area (Å²) in [6.45, 7) is 0. The first kappa shape index (κ1) is 10.0. The molecule has 0 heterocycles. The molecule has 0 fully saturated rings. The van der Waals surface area contributed by atoms with Crippen molar-refractivity contribution in [2.75, 3.05) is 0 Å². The Bertz CT molecular complexity index is 419. The Hall–Kier alpha value is -2.06. The summed E-state index contributed by atoms with van der Waals surface area (Å²) in [6, 6.07) is 3.07.